The van der Waals surface area contributed by atoms with Crippen LogP contribution in [-0.2, 0) is 29.2 Å². The summed E-state index contributed by atoms with van der Waals surface area (Å²) in [6, 6.07) is 8.70. The Hall–Kier alpha value is -2.56. The molecule has 1 aromatic carbocycles. The molecule has 2 amide bonds. The largest absolute Gasteiger partial charge is 0.357 e. The molecule has 2 aromatic rings. The molecule has 0 saturated carbocycles. The van der Waals surface area contributed by atoms with Gasteiger partial charge in [-0.3, -0.25) is 14.1 Å². The van der Waals surface area contributed by atoms with Crippen molar-refractivity contribution in [3.8, 4) is 11.4 Å². The fraction of sp³-hybridized carbons (Fsp3) is 0.450. The molecule has 0 bridgehead atoms. The summed E-state index contributed by atoms with van der Waals surface area (Å²) in [4.78, 5) is 30.1. The number of fused-ring (bicyclic) bond motifs is 1. The molecule has 1 aliphatic heterocycles. The van der Waals surface area contributed by atoms with Crippen LogP contribution >= 0.6 is 0 Å². The third-order valence-corrected chi connectivity index (χ3v) is 5.84. The lowest BCUT2D eigenvalue weighted by atomic mass is 9.86. The predicted octanol–water partition coefficient (Wildman–Crippen LogP) is 1.39. The molecule has 1 aromatic heterocycles. The van der Waals surface area contributed by atoms with Gasteiger partial charge in [0.25, 0.3) is 5.91 Å². The summed E-state index contributed by atoms with van der Waals surface area (Å²) < 4.78 is 24.4. The molecular weight excluding hydrogens is 406 g/mol. The molecule has 0 saturated heterocycles. The van der Waals surface area contributed by atoms with Gasteiger partial charge in [-0.05, 0) is 5.41 Å². The van der Waals surface area contributed by atoms with E-state index in [9.17, 15) is 18.4 Å². The van der Waals surface area contributed by atoms with Crippen molar-refractivity contribution in [2.45, 2.75) is 39.9 Å². The minimum atomic E-state index is -2.15. The highest BCUT2D eigenvalue weighted by atomic mass is 32.2. The molecule has 0 fully saturated rings. The zero-order valence-corrected chi connectivity index (χ0v) is 18.3. The molecule has 1 aliphatic rings. The van der Waals surface area contributed by atoms with Crippen molar-refractivity contribution in [1.82, 2.24) is 24.5 Å². The zero-order chi connectivity index (χ0) is 22.1. The first-order valence-corrected chi connectivity index (χ1v) is 10.7. The van der Waals surface area contributed by atoms with E-state index >= 15 is 0 Å². The highest BCUT2D eigenvalue weighted by Gasteiger charge is 2.35. The maximum atomic E-state index is 13.2. The van der Waals surface area contributed by atoms with E-state index in [0.29, 0.717) is 24.6 Å². The van der Waals surface area contributed by atoms with Crippen LogP contribution < -0.4 is 10.6 Å². The van der Waals surface area contributed by atoms with Gasteiger partial charge >= 0.3 is 0 Å². The van der Waals surface area contributed by atoms with Gasteiger partial charge in [-0.15, -0.1) is 0 Å². The Kier molecular flexibility index (Phi) is 6.39. The van der Waals surface area contributed by atoms with Crippen LogP contribution in [-0.4, -0.2) is 54.1 Å². The molecular formula is C20H27N5O4S. The summed E-state index contributed by atoms with van der Waals surface area (Å²) in [5.41, 5.74) is 1.03. The molecule has 9 nitrogen and oxygen atoms in total. The van der Waals surface area contributed by atoms with Gasteiger partial charge in [-0.1, -0.05) is 51.1 Å². The van der Waals surface area contributed by atoms with Gasteiger partial charge in [0.2, 0.25) is 17.2 Å². The number of imidazole rings is 1. The first-order chi connectivity index (χ1) is 14.1. The highest BCUT2D eigenvalue weighted by molar-refractivity contribution is 7.76. The van der Waals surface area contributed by atoms with Gasteiger partial charge in [0.1, 0.15) is 11.9 Å². The molecule has 30 heavy (non-hydrogen) atoms. The van der Waals surface area contributed by atoms with E-state index in [0.717, 1.165) is 5.56 Å². The molecule has 2 heterocycles. The van der Waals surface area contributed by atoms with Gasteiger partial charge < -0.3 is 15.2 Å². The van der Waals surface area contributed by atoms with Crippen LogP contribution in [0, 0.1) is 5.41 Å². The highest BCUT2D eigenvalue weighted by Crippen LogP contribution is 2.27. The molecule has 162 valence electrons. The number of carbonyl (C=O) groups is 2. The van der Waals surface area contributed by atoms with Crippen molar-refractivity contribution in [2.24, 2.45) is 5.41 Å². The van der Waals surface area contributed by atoms with Crippen molar-refractivity contribution < 1.29 is 18.4 Å². The average molecular weight is 434 g/mol. The number of nitrogens with zero attached hydrogens (tertiary/aromatic N) is 3. The van der Waals surface area contributed by atoms with Crippen molar-refractivity contribution in [3.63, 3.8) is 0 Å². The molecule has 0 aliphatic carbocycles. The number of hydrogen-bond donors (Lipinski definition) is 3. The van der Waals surface area contributed by atoms with Crippen molar-refractivity contribution in [2.75, 3.05) is 13.6 Å². The summed E-state index contributed by atoms with van der Waals surface area (Å²) in [7, 11) is 1.52. The van der Waals surface area contributed by atoms with E-state index in [1.54, 1.807) is 0 Å². The van der Waals surface area contributed by atoms with Gasteiger partial charge in [0, 0.05) is 25.7 Å². The van der Waals surface area contributed by atoms with Gasteiger partial charge in [0.05, 0.1) is 12.2 Å². The van der Waals surface area contributed by atoms with E-state index in [-0.39, 0.29) is 18.1 Å². The minimum absolute atomic E-state index is 0.103. The third-order valence-electron chi connectivity index (χ3n) is 5.09. The van der Waals surface area contributed by atoms with Crippen LogP contribution in [0.1, 0.15) is 37.0 Å². The predicted molar refractivity (Wildman–Crippen MR) is 114 cm³/mol. The van der Waals surface area contributed by atoms with E-state index in [2.05, 4.69) is 15.6 Å². The van der Waals surface area contributed by atoms with E-state index in [4.69, 9.17) is 0 Å². The normalized spacial score (nSPS) is 16.4. The fourth-order valence-electron chi connectivity index (χ4n) is 3.49. The lowest BCUT2D eigenvalue weighted by Crippen LogP contribution is -2.53. The van der Waals surface area contributed by atoms with Crippen LogP contribution in [0.25, 0.3) is 11.4 Å². The number of aromatic nitrogens is 2. The van der Waals surface area contributed by atoms with E-state index in [1.807, 2.05) is 55.7 Å². The van der Waals surface area contributed by atoms with E-state index < -0.39 is 28.6 Å². The van der Waals surface area contributed by atoms with Crippen LogP contribution in [0.5, 0.6) is 0 Å². The Morgan fingerprint density at radius 2 is 1.87 bits per heavy atom. The molecule has 3 rings (SSSR count). The Labute approximate surface area is 178 Å². The molecule has 2 atom stereocenters. The van der Waals surface area contributed by atoms with Crippen LogP contribution in [0.4, 0.5) is 0 Å². The second-order valence-electron chi connectivity index (χ2n) is 8.23. The second-order valence-corrected chi connectivity index (χ2v) is 9.21. The first kappa shape index (κ1) is 22.1. The van der Waals surface area contributed by atoms with Crippen LogP contribution in [0.3, 0.4) is 0 Å². The molecule has 0 radical (unpaired) electrons. The summed E-state index contributed by atoms with van der Waals surface area (Å²) in [6.45, 7) is 6.47. The van der Waals surface area contributed by atoms with Gasteiger partial charge in [-0.25, -0.2) is 9.19 Å². The summed E-state index contributed by atoms with van der Waals surface area (Å²) >= 11 is -2.15. The van der Waals surface area contributed by atoms with Crippen molar-refractivity contribution in [3.05, 3.63) is 41.7 Å². The quantitative estimate of drug-likeness (QED) is 0.616. The summed E-state index contributed by atoms with van der Waals surface area (Å²) in [5, 5.41) is 5.38. The minimum Gasteiger partial charge on any atom is -0.357 e. The van der Waals surface area contributed by atoms with Crippen molar-refractivity contribution >= 4 is 23.1 Å². The number of hydrogen-bond acceptors (Lipinski definition) is 4. The van der Waals surface area contributed by atoms with Crippen LogP contribution in [0.2, 0.25) is 0 Å². The SMILES string of the molecule is CNC(=O)[C@@H](NC(=O)c1nc(-c2ccccc2)n2c1CN(S(=O)O)CC2)C(C)(C)C. The Bertz CT molecular complexity index is 968. The van der Waals surface area contributed by atoms with E-state index in [1.165, 1.54) is 11.4 Å². The Morgan fingerprint density at radius 1 is 1.20 bits per heavy atom. The number of benzene rings is 1. The maximum Gasteiger partial charge on any atom is 0.272 e. The summed E-state index contributed by atoms with van der Waals surface area (Å²) in [6.07, 6.45) is 0. The monoisotopic (exact) mass is 433 g/mol. The number of rotatable bonds is 5. The van der Waals surface area contributed by atoms with Crippen molar-refractivity contribution in [1.29, 1.82) is 0 Å². The number of amides is 2. The number of likely N-dealkylation sites (N-methyl/N-ethyl adjacent to an activating group) is 1. The number of carbonyl (C=O) groups excluding carboxylic acids is 2. The molecule has 1 unspecified atom stereocenters. The number of nitrogens with one attached hydrogen (secondary N) is 2. The average Bonchev–Trinajstić information content (AvgIpc) is 3.10. The Morgan fingerprint density at radius 3 is 2.43 bits per heavy atom. The lowest BCUT2D eigenvalue weighted by molar-refractivity contribution is -0.124. The third kappa shape index (κ3) is 4.45. The smallest absolute Gasteiger partial charge is 0.272 e. The maximum absolute atomic E-state index is 13.2. The van der Waals surface area contributed by atoms with Crippen LogP contribution in [0.15, 0.2) is 30.3 Å². The van der Waals surface area contributed by atoms with Gasteiger partial charge in [-0.2, -0.15) is 4.31 Å². The Balaban J connectivity index is 2.03. The lowest BCUT2D eigenvalue weighted by Gasteiger charge is -2.30. The second kappa shape index (κ2) is 8.66. The zero-order valence-electron chi connectivity index (χ0n) is 17.5. The molecule has 3 N–H and O–H groups in total. The van der Waals surface area contributed by atoms with Gasteiger partial charge in [0.15, 0.2) is 5.69 Å². The standard InChI is InChI=1S/C20H27N5O4S/c1-20(2,3)16(19(27)21-4)23-18(26)15-14-12-24(30(28)29)10-11-25(14)17(22-15)13-8-6-5-7-9-13/h5-9,16H,10-12H2,1-4H3,(H,21,27)(H,23,26)(H,28,29)/t16-/m1/s1. The molecule has 10 heteroatoms. The first-order valence-electron chi connectivity index (χ1n) is 9.66. The topological polar surface area (TPSA) is 117 Å². The summed E-state index contributed by atoms with van der Waals surface area (Å²) in [5.74, 6) is -0.174. The molecule has 0 spiro atoms. The fourth-order valence-corrected chi connectivity index (χ4v) is 3.96.